The van der Waals surface area contributed by atoms with E-state index in [2.05, 4.69) is 55.5 Å². The van der Waals surface area contributed by atoms with E-state index in [0.717, 1.165) is 0 Å². The van der Waals surface area contributed by atoms with Crippen LogP contribution in [0, 0.1) is 0 Å². The van der Waals surface area contributed by atoms with Crippen molar-refractivity contribution < 1.29 is 20.3 Å². The molecule has 0 heterocycles. The molecule has 0 fully saturated rings. The minimum atomic E-state index is 0. The molecule has 1 unspecified atom stereocenters. The van der Waals surface area contributed by atoms with Gasteiger partial charge in [0.25, 0.3) is 0 Å². The van der Waals surface area contributed by atoms with E-state index in [4.69, 9.17) is 0 Å². The van der Waals surface area contributed by atoms with Crippen LogP contribution in [-0.2, 0) is 0 Å². The van der Waals surface area contributed by atoms with Crippen molar-refractivity contribution in [2.75, 3.05) is 0 Å². The van der Waals surface area contributed by atoms with Crippen LogP contribution in [0.1, 0.15) is 38.2 Å². The van der Waals surface area contributed by atoms with Crippen LogP contribution in [0.3, 0.4) is 0 Å². The van der Waals surface area contributed by atoms with Gasteiger partial charge in [-0.1, -0.05) is 61.9 Å². The molecule has 17 heavy (non-hydrogen) atoms. The Morgan fingerprint density at radius 2 is 1.94 bits per heavy atom. The van der Waals surface area contributed by atoms with E-state index in [1.807, 2.05) is 0 Å². The number of hydrogen-bond acceptors (Lipinski definition) is 0. The van der Waals surface area contributed by atoms with Crippen LogP contribution in [0.5, 0.6) is 0 Å². The second-order valence-corrected chi connectivity index (χ2v) is 4.54. The van der Waals surface area contributed by atoms with Crippen molar-refractivity contribution in [3.63, 3.8) is 0 Å². The van der Waals surface area contributed by atoms with Gasteiger partial charge in [-0.3, -0.25) is 0 Å². The van der Waals surface area contributed by atoms with Crippen molar-refractivity contribution in [1.82, 2.24) is 0 Å². The molecular weight excluding hydrogens is 199 g/mol. The first-order valence-electron chi connectivity index (χ1n) is 6.10. The standard InChI is InChI=1S/C16H16.Li.H/c1-2-5-12-9-11-16-14-7-4-3-6-13(14)8-10-15(12)16;;/h3-4,6-12H,2,5H2,1H3;;/q;+1;-1. The van der Waals surface area contributed by atoms with Crippen LogP contribution >= 0.6 is 0 Å². The predicted molar refractivity (Wildman–Crippen MR) is 71.7 cm³/mol. The normalized spacial score (nSPS) is 16.9. The monoisotopic (exact) mass is 216 g/mol. The van der Waals surface area contributed by atoms with Crippen molar-refractivity contribution in [2.24, 2.45) is 0 Å². The fourth-order valence-corrected chi connectivity index (χ4v) is 2.70. The molecule has 0 bridgehead atoms. The third-order valence-corrected chi connectivity index (χ3v) is 3.50. The molecule has 1 aliphatic rings. The molecule has 0 amide bonds. The maximum atomic E-state index is 2.36. The van der Waals surface area contributed by atoms with Crippen molar-refractivity contribution in [3.8, 4) is 0 Å². The van der Waals surface area contributed by atoms with E-state index in [9.17, 15) is 0 Å². The zero-order chi connectivity index (χ0) is 11.0. The Bertz CT molecular complexity index is 560. The van der Waals surface area contributed by atoms with E-state index in [-0.39, 0.29) is 20.3 Å². The molecule has 3 rings (SSSR count). The number of allylic oxidation sites excluding steroid dienone is 1. The second kappa shape index (κ2) is 5.13. The summed E-state index contributed by atoms with van der Waals surface area (Å²) in [7, 11) is 0. The van der Waals surface area contributed by atoms with Gasteiger partial charge in [-0.2, -0.15) is 0 Å². The van der Waals surface area contributed by atoms with Crippen LogP contribution in [0.4, 0.5) is 0 Å². The molecule has 0 radical (unpaired) electrons. The minimum absolute atomic E-state index is 0. The summed E-state index contributed by atoms with van der Waals surface area (Å²) < 4.78 is 0. The van der Waals surface area contributed by atoms with Crippen LogP contribution in [-0.4, -0.2) is 0 Å². The first-order chi connectivity index (χ1) is 7.90. The molecule has 2 aromatic rings. The molecule has 0 aliphatic heterocycles. The van der Waals surface area contributed by atoms with Crippen LogP contribution in [0.25, 0.3) is 16.8 Å². The van der Waals surface area contributed by atoms with Crippen LogP contribution in [0.15, 0.2) is 42.5 Å². The zero-order valence-corrected chi connectivity index (χ0v) is 10.6. The van der Waals surface area contributed by atoms with E-state index >= 15 is 0 Å². The second-order valence-electron chi connectivity index (χ2n) is 4.54. The molecule has 1 aliphatic carbocycles. The SMILES string of the molecule is CCCC1C=Cc2c1ccc1ccccc21.[H-].[Li+]. The van der Waals surface area contributed by atoms with Gasteiger partial charge in [0, 0.05) is 5.92 Å². The van der Waals surface area contributed by atoms with Gasteiger partial charge in [-0.15, -0.1) is 0 Å². The molecule has 2 aromatic carbocycles. The van der Waals surface area contributed by atoms with Gasteiger partial charge in [0.15, 0.2) is 0 Å². The number of hydrogen-bond donors (Lipinski definition) is 0. The summed E-state index contributed by atoms with van der Waals surface area (Å²) in [5, 5.41) is 2.75. The average molecular weight is 216 g/mol. The number of benzene rings is 2. The largest absolute Gasteiger partial charge is 1.00 e. The van der Waals surface area contributed by atoms with E-state index in [1.165, 1.54) is 34.7 Å². The molecule has 0 nitrogen and oxygen atoms in total. The van der Waals surface area contributed by atoms with Gasteiger partial charge in [0.1, 0.15) is 0 Å². The maximum Gasteiger partial charge on any atom is 1.00 e. The number of rotatable bonds is 2. The van der Waals surface area contributed by atoms with Crippen molar-refractivity contribution in [3.05, 3.63) is 53.6 Å². The summed E-state index contributed by atoms with van der Waals surface area (Å²) >= 11 is 0. The average Bonchev–Trinajstić information content (AvgIpc) is 2.73. The van der Waals surface area contributed by atoms with Gasteiger partial charge < -0.3 is 1.43 Å². The molecule has 0 spiro atoms. The number of fused-ring (bicyclic) bond motifs is 3. The van der Waals surface area contributed by atoms with Gasteiger partial charge in [-0.25, -0.2) is 0 Å². The zero-order valence-electron chi connectivity index (χ0n) is 11.6. The van der Waals surface area contributed by atoms with Crippen molar-refractivity contribution in [2.45, 2.75) is 25.7 Å². The third kappa shape index (κ3) is 2.08. The van der Waals surface area contributed by atoms with Gasteiger partial charge >= 0.3 is 18.9 Å². The van der Waals surface area contributed by atoms with Gasteiger partial charge in [-0.05, 0) is 28.3 Å². The van der Waals surface area contributed by atoms with Crippen LogP contribution < -0.4 is 18.9 Å². The fourth-order valence-electron chi connectivity index (χ4n) is 2.70. The van der Waals surface area contributed by atoms with Crippen molar-refractivity contribution >= 4 is 16.8 Å². The van der Waals surface area contributed by atoms with Crippen LogP contribution in [0.2, 0.25) is 0 Å². The van der Waals surface area contributed by atoms with Gasteiger partial charge in [0.2, 0.25) is 0 Å². The Balaban J connectivity index is 0.000000810. The molecule has 0 saturated heterocycles. The first-order valence-corrected chi connectivity index (χ1v) is 6.10. The summed E-state index contributed by atoms with van der Waals surface area (Å²) in [6, 6.07) is 13.2. The Morgan fingerprint density at radius 1 is 1.12 bits per heavy atom. The molecule has 1 heteroatoms. The predicted octanol–water partition coefficient (Wildman–Crippen LogP) is 1.87. The Labute approximate surface area is 116 Å². The summed E-state index contributed by atoms with van der Waals surface area (Å²) in [6.45, 7) is 2.26. The van der Waals surface area contributed by atoms with E-state index in [0.29, 0.717) is 5.92 Å². The molecule has 1 atom stereocenters. The molecule has 0 aromatic heterocycles. The Kier molecular flexibility index (Phi) is 3.77. The smallest absolute Gasteiger partial charge is 1.00 e. The topological polar surface area (TPSA) is 0 Å². The Morgan fingerprint density at radius 3 is 2.76 bits per heavy atom. The molecular formula is C16H17Li. The summed E-state index contributed by atoms with van der Waals surface area (Å²) in [5.41, 5.74) is 2.96. The summed E-state index contributed by atoms with van der Waals surface area (Å²) in [6.07, 6.45) is 7.18. The van der Waals surface area contributed by atoms with E-state index < -0.39 is 0 Å². The van der Waals surface area contributed by atoms with E-state index in [1.54, 1.807) is 0 Å². The quantitative estimate of drug-likeness (QED) is 0.672. The first kappa shape index (κ1) is 12.5. The minimum Gasteiger partial charge on any atom is -1.00 e. The summed E-state index contributed by atoms with van der Waals surface area (Å²) in [4.78, 5) is 0. The molecule has 0 N–H and O–H groups in total. The van der Waals surface area contributed by atoms with Gasteiger partial charge in [0.05, 0.1) is 0 Å². The molecule has 82 valence electrons. The Hall–Kier alpha value is -0.963. The fraction of sp³-hybridized carbons (Fsp3) is 0.250. The summed E-state index contributed by atoms with van der Waals surface area (Å²) in [5.74, 6) is 0.643. The third-order valence-electron chi connectivity index (χ3n) is 3.50. The van der Waals surface area contributed by atoms with Crippen molar-refractivity contribution in [1.29, 1.82) is 0 Å². The molecule has 0 saturated carbocycles. The maximum absolute atomic E-state index is 2.36.